The molecule has 2 aromatic carbocycles. The van der Waals surface area contributed by atoms with Gasteiger partial charge in [-0.05, 0) is 23.5 Å². The van der Waals surface area contributed by atoms with E-state index in [1.165, 1.54) is 11.1 Å². The van der Waals surface area contributed by atoms with Crippen LogP contribution in [0.1, 0.15) is 37.3 Å². The summed E-state index contributed by atoms with van der Waals surface area (Å²) in [4.78, 5) is 0. The highest BCUT2D eigenvalue weighted by Crippen LogP contribution is 2.36. The van der Waals surface area contributed by atoms with E-state index in [9.17, 15) is 0 Å². The van der Waals surface area contributed by atoms with Gasteiger partial charge in [-0.3, -0.25) is 0 Å². The van der Waals surface area contributed by atoms with Gasteiger partial charge in [-0.1, -0.05) is 80.4 Å². The molecule has 2 aromatic rings. The topological polar surface area (TPSA) is 9.23 Å². The van der Waals surface area contributed by atoms with Gasteiger partial charge in [0.25, 0.3) is 0 Å². The highest BCUT2D eigenvalue weighted by Gasteiger charge is 2.31. The van der Waals surface area contributed by atoms with Crippen LogP contribution in [-0.4, -0.2) is 10.5 Å². The zero-order valence-corrected chi connectivity index (χ0v) is 14.8. The maximum Gasteiger partial charge on any atom is 0.219 e. The molecule has 2 rings (SSSR count). The van der Waals surface area contributed by atoms with E-state index < -0.39 is 0 Å². The zero-order chi connectivity index (χ0) is 15.0. The number of unbranched alkanes of at least 4 members (excludes halogenated alkanes) is 1. The Bertz CT molecular complexity index is 556. The fourth-order valence-corrected chi connectivity index (χ4v) is 2.79. The highest BCUT2D eigenvalue weighted by molar-refractivity contribution is 5.98. The lowest BCUT2D eigenvalue weighted by Gasteiger charge is -2.29. The van der Waals surface area contributed by atoms with Crippen LogP contribution < -0.4 is 0 Å². The van der Waals surface area contributed by atoms with Crippen LogP contribution in [0.25, 0.3) is 0 Å². The number of benzene rings is 2. The summed E-state index contributed by atoms with van der Waals surface area (Å²) in [5.41, 5.74) is 2.22. The van der Waals surface area contributed by atoms with Gasteiger partial charge in [-0.25, -0.2) is 0 Å². The first-order valence-corrected chi connectivity index (χ1v) is 8.31. The highest BCUT2D eigenvalue weighted by atomic mass is 28.2. The normalized spacial score (nSPS) is 10.7. The lowest BCUT2D eigenvalue weighted by Crippen LogP contribution is -2.26. The number of rotatable bonds is 5. The molecule has 0 heterocycles. The van der Waals surface area contributed by atoms with Crippen molar-refractivity contribution in [3.8, 4) is 12.0 Å². The van der Waals surface area contributed by atoms with Gasteiger partial charge in [0.1, 0.15) is 0 Å². The molecular formula is C19H22OSi. The molecule has 0 aliphatic carbocycles. The molecule has 0 aliphatic heterocycles. The van der Waals surface area contributed by atoms with Crippen molar-refractivity contribution in [1.29, 1.82) is 0 Å². The molecule has 2 heteroatoms. The van der Waals surface area contributed by atoms with E-state index in [-0.39, 0.29) is 5.41 Å². The molecule has 0 N–H and O–H groups in total. The van der Waals surface area contributed by atoms with E-state index in [1.54, 1.807) is 0 Å². The second kappa shape index (κ2) is 7.71. The number of hydrogen-bond donors (Lipinski definition) is 0. The standard InChI is InChI=1S/C19H22OSi/c1-2-3-14-19(15-16-20-21,17-10-6-4-7-11-17)18-12-8-5-9-13-18/h4-13H,2-3,14H2,1,21H3. The lowest BCUT2D eigenvalue weighted by atomic mass is 9.72. The predicted molar refractivity (Wildman–Crippen MR) is 92.0 cm³/mol. The predicted octanol–water partition coefficient (Wildman–Crippen LogP) is 3.42. The molecule has 0 spiro atoms. The third-order valence-electron chi connectivity index (χ3n) is 3.80. The Kier molecular flexibility index (Phi) is 5.65. The van der Waals surface area contributed by atoms with Gasteiger partial charge >= 0.3 is 0 Å². The average Bonchev–Trinajstić information content (AvgIpc) is 2.57. The van der Waals surface area contributed by atoms with E-state index in [0.717, 1.165) is 19.3 Å². The van der Waals surface area contributed by atoms with Crippen LogP contribution in [0.3, 0.4) is 0 Å². The van der Waals surface area contributed by atoms with Crippen molar-refractivity contribution in [2.75, 3.05) is 0 Å². The second-order valence-electron chi connectivity index (χ2n) is 5.17. The minimum atomic E-state index is -0.275. The fourth-order valence-electron chi connectivity index (χ4n) is 2.69. The summed E-state index contributed by atoms with van der Waals surface area (Å²) in [6, 6.07) is 21.1. The average molecular weight is 294 g/mol. The van der Waals surface area contributed by atoms with E-state index in [0.29, 0.717) is 10.5 Å². The van der Waals surface area contributed by atoms with Crippen molar-refractivity contribution in [2.24, 2.45) is 0 Å². The summed E-state index contributed by atoms with van der Waals surface area (Å²) >= 11 is 0. The largest absolute Gasteiger partial charge is 0.512 e. The molecule has 21 heavy (non-hydrogen) atoms. The monoisotopic (exact) mass is 294 g/mol. The first kappa shape index (κ1) is 15.4. The second-order valence-corrected chi connectivity index (χ2v) is 5.58. The summed E-state index contributed by atoms with van der Waals surface area (Å²) in [7, 11) is 0.639. The van der Waals surface area contributed by atoms with Crippen LogP contribution >= 0.6 is 0 Å². The Morgan fingerprint density at radius 2 is 1.48 bits per heavy atom. The Hall–Kier alpha value is -1.98. The molecule has 1 nitrogen and oxygen atoms in total. The van der Waals surface area contributed by atoms with Crippen LogP contribution in [0.5, 0.6) is 0 Å². The molecular weight excluding hydrogens is 272 g/mol. The fraction of sp³-hybridized carbons (Fsp3) is 0.263. The summed E-state index contributed by atoms with van der Waals surface area (Å²) in [5, 5.41) is 0. The van der Waals surface area contributed by atoms with Gasteiger partial charge in [0, 0.05) is 0 Å². The minimum absolute atomic E-state index is 0.275. The van der Waals surface area contributed by atoms with Crippen molar-refractivity contribution < 1.29 is 4.43 Å². The third-order valence-corrected chi connectivity index (χ3v) is 4.01. The Morgan fingerprint density at radius 3 is 1.90 bits per heavy atom. The van der Waals surface area contributed by atoms with Crippen molar-refractivity contribution >= 4 is 10.5 Å². The van der Waals surface area contributed by atoms with E-state index in [4.69, 9.17) is 4.43 Å². The molecule has 0 atom stereocenters. The quantitative estimate of drug-likeness (QED) is 0.606. The first-order chi connectivity index (χ1) is 10.3. The summed E-state index contributed by atoms with van der Waals surface area (Å²) < 4.78 is 5.20. The summed E-state index contributed by atoms with van der Waals surface area (Å²) in [5.74, 6) is 3.41. The third kappa shape index (κ3) is 3.56. The molecule has 0 fully saturated rings. The molecule has 0 bridgehead atoms. The van der Waals surface area contributed by atoms with Gasteiger partial charge in [-0.15, -0.1) is 0 Å². The molecule has 0 aliphatic rings. The first-order valence-electron chi connectivity index (χ1n) is 7.49. The van der Waals surface area contributed by atoms with Gasteiger partial charge in [-0.2, -0.15) is 0 Å². The van der Waals surface area contributed by atoms with E-state index in [1.807, 2.05) is 0 Å². The van der Waals surface area contributed by atoms with Gasteiger partial charge < -0.3 is 4.43 Å². The molecule has 0 unspecified atom stereocenters. The molecule has 0 saturated carbocycles. The Balaban J connectivity index is 2.59. The summed E-state index contributed by atoms with van der Waals surface area (Å²) in [6.07, 6.45) is 6.21. The zero-order valence-electron chi connectivity index (χ0n) is 12.8. The van der Waals surface area contributed by atoms with Crippen molar-refractivity contribution in [3.05, 3.63) is 71.8 Å². The van der Waals surface area contributed by atoms with Crippen molar-refractivity contribution in [2.45, 2.75) is 31.6 Å². The smallest absolute Gasteiger partial charge is 0.219 e. The summed E-state index contributed by atoms with van der Waals surface area (Å²) in [6.45, 7) is 2.22. The SMILES string of the molecule is CCCCC(C#CO[SiH3])(c1ccccc1)c1ccccc1. The maximum atomic E-state index is 5.20. The van der Waals surface area contributed by atoms with Crippen molar-refractivity contribution in [3.63, 3.8) is 0 Å². The lowest BCUT2D eigenvalue weighted by molar-refractivity contribution is 0.541. The van der Waals surface area contributed by atoms with Crippen LogP contribution in [0.15, 0.2) is 60.7 Å². The van der Waals surface area contributed by atoms with Gasteiger partial charge in [0.15, 0.2) is 0 Å². The van der Waals surface area contributed by atoms with E-state index in [2.05, 4.69) is 79.6 Å². The van der Waals surface area contributed by atoms with Crippen LogP contribution in [0.4, 0.5) is 0 Å². The molecule has 0 saturated heterocycles. The van der Waals surface area contributed by atoms with Gasteiger partial charge in [0.05, 0.1) is 11.5 Å². The molecule has 0 amide bonds. The Labute approximate surface area is 130 Å². The van der Waals surface area contributed by atoms with Crippen LogP contribution in [0.2, 0.25) is 0 Å². The van der Waals surface area contributed by atoms with Crippen LogP contribution in [0, 0.1) is 12.0 Å². The molecule has 108 valence electrons. The van der Waals surface area contributed by atoms with Crippen LogP contribution in [-0.2, 0) is 9.84 Å². The molecule has 0 radical (unpaired) electrons. The van der Waals surface area contributed by atoms with E-state index >= 15 is 0 Å². The maximum absolute atomic E-state index is 5.20. The minimum Gasteiger partial charge on any atom is -0.512 e. The van der Waals surface area contributed by atoms with Gasteiger partial charge in [0.2, 0.25) is 10.5 Å². The molecule has 0 aromatic heterocycles. The van der Waals surface area contributed by atoms with Crippen molar-refractivity contribution in [1.82, 2.24) is 0 Å². The number of hydrogen-bond acceptors (Lipinski definition) is 1. The Morgan fingerprint density at radius 1 is 0.952 bits per heavy atom.